The first-order valence-corrected chi connectivity index (χ1v) is 6.45. The van der Waals surface area contributed by atoms with Gasteiger partial charge in [-0.1, -0.05) is 11.6 Å². The molecule has 1 aliphatic rings. The second kappa shape index (κ2) is 5.25. The number of aromatic nitrogens is 1. The van der Waals surface area contributed by atoms with Gasteiger partial charge in [-0.2, -0.15) is 0 Å². The lowest BCUT2D eigenvalue weighted by Gasteiger charge is -2.29. The zero-order valence-electron chi connectivity index (χ0n) is 8.87. The topological polar surface area (TPSA) is 28.2 Å². The van der Waals surface area contributed by atoms with Crippen LogP contribution < -0.4 is 5.32 Å². The van der Waals surface area contributed by atoms with Crippen LogP contribution in [0.25, 0.3) is 0 Å². The Morgan fingerprint density at radius 1 is 1.60 bits per heavy atom. The Labute approximate surface area is 99.5 Å². The van der Waals surface area contributed by atoms with Gasteiger partial charge in [-0.05, 0) is 33.0 Å². The summed E-state index contributed by atoms with van der Waals surface area (Å²) in [5, 5.41) is 4.62. The summed E-state index contributed by atoms with van der Waals surface area (Å²) in [6, 6.07) is 0.642. The monoisotopic (exact) mass is 245 g/mol. The van der Waals surface area contributed by atoms with Gasteiger partial charge in [0.05, 0.1) is 6.20 Å². The van der Waals surface area contributed by atoms with Crippen LogP contribution in [0.15, 0.2) is 6.20 Å². The van der Waals surface area contributed by atoms with E-state index in [0.29, 0.717) is 6.04 Å². The normalized spacial score (nSPS) is 19.6. The zero-order valence-corrected chi connectivity index (χ0v) is 10.4. The Kier molecular flexibility index (Phi) is 3.97. The lowest BCUT2D eigenvalue weighted by molar-refractivity contribution is 0.234. The molecule has 0 spiro atoms. The number of nitrogens with zero attached hydrogens (tertiary/aromatic N) is 2. The molecule has 2 heterocycles. The van der Waals surface area contributed by atoms with Crippen LogP contribution in [0.1, 0.15) is 17.8 Å². The molecule has 0 aromatic carbocycles. The highest BCUT2D eigenvalue weighted by Crippen LogP contribution is 2.18. The summed E-state index contributed by atoms with van der Waals surface area (Å²) in [6.07, 6.45) is 4.18. The third-order valence-electron chi connectivity index (χ3n) is 2.79. The fourth-order valence-corrected chi connectivity index (χ4v) is 2.72. The van der Waals surface area contributed by atoms with Crippen molar-refractivity contribution in [2.24, 2.45) is 0 Å². The van der Waals surface area contributed by atoms with Crippen molar-refractivity contribution in [1.82, 2.24) is 15.2 Å². The van der Waals surface area contributed by atoms with Crippen LogP contribution >= 0.6 is 22.9 Å². The lowest BCUT2D eigenvalue weighted by atomic mass is 10.1. The molecule has 1 aromatic rings. The largest absolute Gasteiger partial charge is 0.308 e. The van der Waals surface area contributed by atoms with Gasteiger partial charge < -0.3 is 10.2 Å². The molecule has 1 aromatic heterocycles. The van der Waals surface area contributed by atoms with Gasteiger partial charge in [0.25, 0.3) is 0 Å². The first-order chi connectivity index (χ1) is 7.24. The molecule has 0 radical (unpaired) electrons. The number of nitrogens with one attached hydrogen (secondary N) is 1. The molecular formula is C10H16ClN3S. The molecule has 1 saturated heterocycles. The molecule has 0 saturated carbocycles. The summed E-state index contributed by atoms with van der Waals surface area (Å²) in [6.45, 7) is 3.23. The number of hydrogen-bond acceptors (Lipinski definition) is 4. The highest BCUT2D eigenvalue weighted by atomic mass is 35.5. The van der Waals surface area contributed by atoms with Crippen LogP contribution in [0.5, 0.6) is 0 Å². The second-order valence-electron chi connectivity index (χ2n) is 4.02. The molecule has 5 heteroatoms. The first kappa shape index (κ1) is 11.3. The Hall–Kier alpha value is -0.160. The van der Waals surface area contributed by atoms with Crippen molar-refractivity contribution in [3.05, 3.63) is 15.5 Å². The summed E-state index contributed by atoms with van der Waals surface area (Å²) in [5.74, 6) is 0. The van der Waals surface area contributed by atoms with E-state index in [1.54, 1.807) is 17.5 Å². The fraction of sp³-hybridized carbons (Fsp3) is 0.700. The van der Waals surface area contributed by atoms with Gasteiger partial charge in [-0.25, -0.2) is 4.98 Å². The molecule has 0 bridgehead atoms. The standard InChI is InChI=1S/C10H16ClN3S/c1-14-4-2-8(3-5-14)12-7-10-13-6-9(11)15-10/h6,8,12H,2-5,7H2,1H3. The van der Waals surface area contributed by atoms with Gasteiger partial charge in [-0.3, -0.25) is 0 Å². The van der Waals surface area contributed by atoms with Gasteiger partial charge in [-0.15, -0.1) is 11.3 Å². The summed E-state index contributed by atoms with van der Waals surface area (Å²) >= 11 is 7.38. The predicted octanol–water partition coefficient (Wildman–Crippen LogP) is 1.98. The van der Waals surface area contributed by atoms with Crippen molar-refractivity contribution in [2.45, 2.75) is 25.4 Å². The van der Waals surface area contributed by atoms with Gasteiger partial charge >= 0.3 is 0 Å². The lowest BCUT2D eigenvalue weighted by Crippen LogP contribution is -2.40. The molecule has 1 N–H and O–H groups in total. The van der Waals surface area contributed by atoms with E-state index in [0.717, 1.165) is 15.9 Å². The Morgan fingerprint density at radius 2 is 2.33 bits per heavy atom. The van der Waals surface area contributed by atoms with E-state index in [-0.39, 0.29) is 0 Å². The maximum absolute atomic E-state index is 5.82. The predicted molar refractivity (Wildman–Crippen MR) is 64.5 cm³/mol. The molecule has 0 atom stereocenters. The van der Waals surface area contributed by atoms with E-state index in [2.05, 4.69) is 22.2 Å². The highest BCUT2D eigenvalue weighted by molar-refractivity contribution is 7.15. The highest BCUT2D eigenvalue weighted by Gasteiger charge is 2.16. The number of piperidine rings is 1. The van der Waals surface area contributed by atoms with Crippen molar-refractivity contribution in [2.75, 3.05) is 20.1 Å². The van der Waals surface area contributed by atoms with Crippen molar-refractivity contribution < 1.29 is 0 Å². The second-order valence-corrected chi connectivity index (χ2v) is 5.76. The summed E-state index contributed by atoms with van der Waals surface area (Å²) in [5.41, 5.74) is 0. The zero-order chi connectivity index (χ0) is 10.7. The molecule has 1 fully saturated rings. The summed E-state index contributed by atoms with van der Waals surface area (Å²) < 4.78 is 0.773. The van der Waals surface area contributed by atoms with E-state index in [9.17, 15) is 0 Å². The average molecular weight is 246 g/mol. The molecule has 2 rings (SSSR count). The number of likely N-dealkylation sites (tertiary alicyclic amines) is 1. The maximum Gasteiger partial charge on any atom is 0.113 e. The SMILES string of the molecule is CN1CCC(NCc2ncc(Cl)s2)CC1. The quantitative estimate of drug-likeness (QED) is 0.883. The van der Waals surface area contributed by atoms with Crippen molar-refractivity contribution in [3.8, 4) is 0 Å². The van der Waals surface area contributed by atoms with Gasteiger partial charge in [0.2, 0.25) is 0 Å². The fourth-order valence-electron chi connectivity index (χ4n) is 1.81. The number of halogens is 1. The Morgan fingerprint density at radius 3 is 2.93 bits per heavy atom. The van der Waals surface area contributed by atoms with Crippen LogP contribution in [-0.4, -0.2) is 36.1 Å². The summed E-state index contributed by atoms with van der Waals surface area (Å²) in [4.78, 5) is 6.60. The third-order valence-corrected chi connectivity index (χ3v) is 3.90. The smallest absolute Gasteiger partial charge is 0.113 e. The molecule has 3 nitrogen and oxygen atoms in total. The maximum atomic E-state index is 5.82. The van der Waals surface area contributed by atoms with Crippen LogP contribution in [0.2, 0.25) is 4.34 Å². The third kappa shape index (κ3) is 3.41. The van der Waals surface area contributed by atoms with Crippen LogP contribution in [0.3, 0.4) is 0 Å². The van der Waals surface area contributed by atoms with Crippen LogP contribution in [-0.2, 0) is 6.54 Å². The van der Waals surface area contributed by atoms with Crippen LogP contribution in [0.4, 0.5) is 0 Å². The molecule has 84 valence electrons. The van der Waals surface area contributed by atoms with Crippen molar-refractivity contribution in [1.29, 1.82) is 0 Å². The van der Waals surface area contributed by atoms with E-state index >= 15 is 0 Å². The van der Waals surface area contributed by atoms with Gasteiger partial charge in [0.1, 0.15) is 9.34 Å². The number of thiazole rings is 1. The van der Waals surface area contributed by atoms with E-state index < -0.39 is 0 Å². The molecule has 0 aliphatic carbocycles. The Bertz CT molecular complexity index is 307. The van der Waals surface area contributed by atoms with Crippen molar-refractivity contribution >= 4 is 22.9 Å². The molecule has 0 amide bonds. The number of rotatable bonds is 3. The van der Waals surface area contributed by atoms with E-state index in [1.165, 1.54) is 25.9 Å². The Balaban J connectivity index is 1.74. The first-order valence-electron chi connectivity index (χ1n) is 5.26. The molecule has 15 heavy (non-hydrogen) atoms. The van der Waals surface area contributed by atoms with Gasteiger partial charge in [0.15, 0.2) is 0 Å². The summed E-state index contributed by atoms with van der Waals surface area (Å²) in [7, 11) is 2.18. The minimum atomic E-state index is 0.642. The van der Waals surface area contributed by atoms with E-state index in [1.807, 2.05) is 0 Å². The molecule has 0 unspecified atom stereocenters. The minimum Gasteiger partial charge on any atom is -0.308 e. The van der Waals surface area contributed by atoms with Gasteiger partial charge in [0, 0.05) is 12.6 Å². The average Bonchev–Trinajstić information content (AvgIpc) is 2.64. The van der Waals surface area contributed by atoms with E-state index in [4.69, 9.17) is 11.6 Å². The number of hydrogen-bond donors (Lipinski definition) is 1. The van der Waals surface area contributed by atoms with Crippen molar-refractivity contribution in [3.63, 3.8) is 0 Å². The van der Waals surface area contributed by atoms with Crippen LogP contribution in [0, 0.1) is 0 Å². The molecular weight excluding hydrogens is 230 g/mol. The molecule has 1 aliphatic heterocycles. The minimum absolute atomic E-state index is 0.642.